The molecule has 3 aliphatic heterocycles. The number of nitrogens with one attached hydrogen (secondary N) is 10. The predicted molar refractivity (Wildman–Crippen MR) is 594 cm³/mol. The summed E-state index contributed by atoms with van der Waals surface area (Å²) in [6.45, 7) is 47.5. The van der Waals surface area contributed by atoms with Crippen molar-refractivity contribution in [3.63, 3.8) is 0 Å². The Kier molecular flexibility index (Phi) is 50.6. The van der Waals surface area contributed by atoms with Gasteiger partial charge >= 0.3 is 0 Å². The number of carbonyl (C=O) groups excluding carboxylic acids is 8. The summed E-state index contributed by atoms with van der Waals surface area (Å²) in [5, 5.41) is 30.6. The van der Waals surface area contributed by atoms with Crippen molar-refractivity contribution in [3.8, 4) is 0 Å². The molecule has 2 aromatic heterocycles. The molecule has 21 heteroatoms. The molecule has 3 aliphatic carbocycles. The molecule has 3 saturated carbocycles. The molecule has 6 fully saturated rings. The van der Waals surface area contributed by atoms with Crippen molar-refractivity contribution in [3.05, 3.63) is 331 Å². The van der Waals surface area contributed by atoms with Gasteiger partial charge in [0.1, 0.15) is 17.3 Å². The number of furan rings is 2. The van der Waals surface area contributed by atoms with Gasteiger partial charge in [0, 0.05) is 89.4 Å². The number of ether oxygens (including phenoxy) is 1. The van der Waals surface area contributed by atoms with E-state index in [-0.39, 0.29) is 53.4 Å². The van der Waals surface area contributed by atoms with Crippen LogP contribution in [-0.4, -0.2) is 124 Å². The molecule has 8 amide bonds. The topological polar surface area (TPSA) is 292 Å². The minimum atomic E-state index is -0.0818. The quantitative estimate of drug-likeness (QED) is 0.0201. The van der Waals surface area contributed by atoms with E-state index in [9.17, 15) is 38.4 Å². The van der Waals surface area contributed by atoms with Crippen LogP contribution in [0.5, 0.6) is 0 Å². The summed E-state index contributed by atoms with van der Waals surface area (Å²) in [5.41, 5.74) is 16.0. The molecular formula is C125H172N10O11. The molecule has 6 aliphatic rings. The molecular weight excluding hydrogens is 1820 g/mol. The number of piperidine rings is 2. The van der Waals surface area contributed by atoms with Gasteiger partial charge in [-0.05, 0) is 360 Å². The number of hydrogen-bond acceptors (Lipinski definition) is 13. The Bertz CT molecular complexity index is 5380. The first-order valence-corrected chi connectivity index (χ1v) is 54.3. The smallest absolute Gasteiger partial charge is 0.251 e. The van der Waals surface area contributed by atoms with Gasteiger partial charge < -0.3 is 66.7 Å². The Balaban J connectivity index is 0.000000186. The van der Waals surface area contributed by atoms with Crippen molar-refractivity contribution in [2.45, 2.75) is 312 Å². The molecule has 0 radical (unpaired) electrons. The van der Waals surface area contributed by atoms with Crippen LogP contribution in [0.15, 0.2) is 233 Å². The molecule has 5 heterocycles. The summed E-state index contributed by atoms with van der Waals surface area (Å²) < 4.78 is 16.0. The zero-order valence-corrected chi connectivity index (χ0v) is 90.8. The maximum absolute atomic E-state index is 12.2. The van der Waals surface area contributed by atoms with Crippen LogP contribution in [-0.2, 0) is 17.8 Å². The maximum atomic E-state index is 12.2. The summed E-state index contributed by atoms with van der Waals surface area (Å²) in [7, 11) is 0. The van der Waals surface area contributed by atoms with Crippen LogP contribution >= 0.6 is 0 Å². The highest BCUT2D eigenvalue weighted by molar-refractivity contribution is 5.98. The number of carbonyl (C=O) groups is 8. The Morgan fingerprint density at radius 1 is 0.281 bits per heavy atom. The average molecular weight is 1990 g/mol. The molecule has 16 rings (SSSR count). The lowest BCUT2D eigenvalue weighted by Gasteiger charge is -2.26. The van der Waals surface area contributed by atoms with Gasteiger partial charge in [0.25, 0.3) is 47.3 Å². The fourth-order valence-electron chi connectivity index (χ4n) is 17.5. The number of rotatable bonds is 30. The lowest BCUT2D eigenvalue weighted by Crippen LogP contribution is -2.42. The zero-order valence-electron chi connectivity index (χ0n) is 90.8. The van der Waals surface area contributed by atoms with E-state index < -0.39 is 0 Å². The number of benzene rings is 8. The standard InChI is InChI=1S/2C17H25NO.C16H24N2O.C16H19NO2.C15H22N2O.C15H21NO2.C15H17NO2.C14H19NO/c1-12(2)14-6-8-15(9-7-14)17(19)18-16-10-4-13(3)5-11-16;1-13(2)15-8-10-16(11-9-15)17(19)18-12-14-6-4-3-5-7-14;1-12(2)14-3-5-15(6-4-14)16(19)18-11-13-7-9-17-10-8-13;1-11(2)13-5-7-14(8-6-13)16(18)17-10-15-9-4-12(3)19-15;1-11(2)12-3-5-13(6-4-12)15(18)17-14-7-9-16-10-8-14;2*1-11(2)12-5-7-13(8-6-12)15(17)16-10-14-4-3-9-18-14;1-10(2)12-5-7-13(8-6-12)14(16)15-9-11-3-4-11/h6-9,12-13,16H,4-5,10-11H2,1-3H3,(H,18,19);8-11,13-14H,3-7,12H2,1-2H3,(H,18,19);3-6,12-13,17H,7-11H2,1-2H3,(H,18,19);4-9,11H,10H2,1-3H3,(H,17,18);3-6,11,14,16H,7-10H2,1-2H3,(H,17,18);5-8,11,14H,3-4,9-10H2,1-2H3,(H,16,17);3-9,11H,10H2,1-2H3,(H,16,17);5-8,10-11H,3-4,9H2,1-2H3,(H,15,16). The lowest BCUT2D eigenvalue weighted by molar-refractivity contribution is 0.0856. The lowest BCUT2D eigenvalue weighted by atomic mass is 9.87. The van der Waals surface area contributed by atoms with E-state index in [2.05, 4.69) is 195 Å². The largest absolute Gasteiger partial charge is 0.467 e. The molecule has 146 heavy (non-hydrogen) atoms. The van der Waals surface area contributed by atoms with E-state index in [0.29, 0.717) is 102 Å². The molecule has 0 spiro atoms. The van der Waals surface area contributed by atoms with Gasteiger partial charge in [-0.3, -0.25) is 38.4 Å². The van der Waals surface area contributed by atoms with Crippen LogP contribution in [0.4, 0.5) is 0 Å². The molecule has 10 N–H and O–H groups in total. The van der Waals surface area contributed by atoms with Crippen LogP contribution in [0.2, 0.25) is 0 Å². The average Bonchev–Trinajstić information content (AvgIpc) is 1.05. The van der Waals surface area contributed by atoms with E-state index in [1.807, 2.05) is 195 Å². The molecule has 10 aromatic rings. The summed E-state index contributed by atoms with van der Waals surface area (Å²) >= 11 is 0. The van der Waals surface area contributed by atoms with Gasteiger partial charge in [0.2, 0.25) is 0 Å². The second-order valence-electron chi connectivity index (χ2n) is 42.7. The summed E-state index contributed by atoms with van der Waals surface area (Å²) in [5.74, 6) is 9.37. The van der Waals surface area contributed by atoms with Crippen molar-refractivity contribution in [1.82, 2.24) is 53.2 Å². The van der Waals surface area contributed by atoms with Gasteiger partial charge in [0.05, 0.1) is 25.5 Å². The van der Waals surface area contributed by atoms with Crippen molar-refractivity contribution in [2.75, 3.05) is 59.0 Å². The van der Waals surface area contributed by atoms with Gasteiger partial charge in [-0.2, -0.15) is 0 Å². The second-order valence-corrected chi connectivity index (χ2v) is 42.7. The first kappa shape index (κ1) is 118. The minimum Gasteiger partial charge on any atom is -0.467 e. The molecule has 0 bridgehead atoms. The Morgan fingerprint density at radius 3 is 0.842 bits per heavy atom. The van der Waals surface area contributed by atoms with Crippen molar-refractivity contribution in [2.24, 2.45) is 23.7 Å². The van der Waals surface area contributed by atoms with E-state index in [4.69, 9.17) is 13.6 Å². The fourth-order valence-corrected chi connectivity index (χ4v) is 17.5. The van der Waals surface area contributed by atoms with Crippen molar-refractivity contribution >= 4 is 47.3 Å². The SMILES string of the molecule is CC(C)c1ccc(C(=O)NC2CCNCC2)cc1.CC(C)c1ccc(C(=O)NCC2CC2)cc1.CC(C)c1ccc(C(=O)NCC2CCCCC2)cc1.CC(C)c1ccc(C(=O)NCC2CCCO2)cc1.CC(C)c1ccc(C(=O)NCC2CCNCC2)cc1.CC(C)c1ccc(C(=O)NCc2ccco2)cc1.CC1CCC(NC(=O)c2ccc(C(C)C)cc2)CC1.Cc1ccc(CNC(=O)c2ccc(C(C)C)cc2)o1. The van der Waals surface area contributed by atoms with Gasteiger partial charge in [-0.1, -0.05) is 234 Å². The minimum absolute atomic E-state index is 0.0131. The zero-order chi connectivity index (χ0) is 105. The Labute approximate surface area is 873 Å². The second kappa shape index (κ2) is 62.8. The van der Waals surface area contributed by atoms with Gasteiger partial charge in [-0.25, -0.2) is 0 Å². The van der Waals surface area contributed by atoms with E-state index in [1.54, 1.807) is 12.3 Å². The summed E-state index contributed by atoms with van der Waals surface area (Å²) in [4.78, 5) is 95.8. The highest BCUT2D eigenvalue weighted by Gasteiger charge is 2.26. The maximum Gasteiger partial charge on any atom is 0.251 e. The highest BCUT2D eigenvalue weighted by atomic mass is 16.5. The number of hydrogen-bond donors (Lipinski definition) is 10. The van der Waals surface area contributed by atoms with Gasteiger partial charge in [-0.15, -0.1) is 0 Å². The van der Waals surface area contributed by atoms with Crippen LogP contribution in [0.25, 0.3) is 0 Å². The molecule has 21 nitrogen and oxygen atoms in total. The summed E-state index contributed by atoms with van der Waals surface area (Å²) in [6.07, 6.45) is 22.1. The molecule has 3 saturated heterocycles. The third-order valence-corrected chi connectivity index (χ3v) is 28.0. The Morgan fingerprint density at radius 2 is 0.562 bits per heavy atom. The van der Waals surface area contributed by atoms with Gasteiger partial charge in [0.15, 0.2) is 0 Å². The van der Waals surface area contributed by atoms with Crippen LogP contribution in [0.1, 0.15) is 419 Å². The molecule has 788 valence electrons. The number of aryl methyl sites for hydroxylation is 1. The number of amides is 8. The fraction of sp³-hybridized carbons (Fsp3) is 0.488. The first-order chi connectivity index (χ1) is 70.1. The Hall–Kier alpha value is -12.0. The van der Waals surface area contributed by atoms with Crippen LogP contribution < -0.4 is 53.2 Å². The van der Waals surface area contributed by atoms with Crippen LogP contribution in [0.3, 0.4) is 0 Å². The van der Waals surface area contributed by atoms with Crippen molar-refractivity contribution in [1.29, 1.82) is 0 Å². The molecule has 1 atom stereocenters. The van der Waals surface area contributed by atoms with E-state index in [0.717, 1.165) is 166 Å². The molecule has 8 aromatic carbocycles. The van der Waals surface area contributed by atoms with E-state index >= 15 is 0 Å². The normalized spacial score (nSPS) is 16.2. The third kappa shape index (κ3) is 42.8. The summed E-state index contributed by atoms with van der Waals surface area (Å²) in [6, 6.07) is 71.1. The third-order valence-electron chi connectivity index (χ3n) is 28.0. The highest BCUT2D eigenvalue weighted by Crippen LogP contribution is 2.30. The molecule has 1 unspecified atom stereocenters. The van der Waals surface area contributed by atoms with E-state index in [1.165, 1.54) is 102 Å². The first-order valence-electron chi connectivity index (χ1n) is 54.3. The monoisotopic (exact) mass is 1990 g/mol. The van der Waals surface area contributed by atoms with Crippen LogP contribution in [0, 0.1) is 30.6 Å². The predicted octanol–water partition coefficient (Wildman–Crippen LogP) is 25.7. The van der Waals surface area contributed by atoms with Crippen molar-refractivity contribution < 1.29 is 51.9 Å².